The summed E-state index contributed by atoms with van der Waals surface area (Å²) in [6.45, 7) is 1.78. The smallest absolute Gasteiger partial charge is 0.240 e. The van der Waals surface area contributed by atoms with Gasteiger partial charge in [0.15, 0.2) is 0 Å². The lowest BCUT2D eigenvalue weighted by Crippen LogP contribution is -2.19. The molecule has 0 radical (unpaired) electrons. The third kappa shape index (κ3) is 2.80. The van der Waals surface area contributed by atoms with Gasteiger partial charge in [-0.15, -0.1) is 11.3 Å². The molecule has 0 atom stereocenters. The van der Waals surface area contributed by atoms with Gasteiger partial charge in [-0.2, -0.15) is 0 Å². The normalized spacial score (nSPS) is 14.0. The fourth-order valence-corrected chi connectivity index (χ4v) is 5.46. The molecule has 0 saturated carbocycles. The van der Waals surface area contributed by atoms with Gasteiger partial charge < -0.3 is 5.32 Å². The molecule has 0 amide bonds. The van der Waals surface area contributed by atoms with Crippen molar-refractivity contribution in [3.8, 4) is 0 Å². The summed E-state index contributed by atoms with van der Waals surface area (Å²) >= 11 is 1.73. The molecule has 2 aromatic heterocycles. The Morgan fingerprint density at radius 3 is 2.84 bits per heavy atom. The summed E-state index contributed by atoms with van der Waals surface area (Å²) in [5, 5.41) is 4.36. The number of hydrogen-bond donors (Lipinski definition) is 2. The number of anilines is 2. The van der Waals surface area contributed by atoms with Gasteiger partial charge in [0.25, 0.3) is 0 Å². The standard InChI is InChI=1S/C17H18N4O2S2/c1-10-6-7-11(8-14(10)25(22,23)18-2)21-16-15-12-4-3-5-13(12)24-17(15)20-9-19-16/h6-9,18H,3-5H2,1-2H3,(H,19,20,21). The molecule has 1 aromatic carbocycles. The predicted molar refractivity (Wildman–Crippen MR) is 100 cm³/mol. The van der Waals surface area contributed by atoms with Gasteiger partial charge in [-0.3, -0.25) is 0 Å². The largest absolute Gasteiger partial charge is 0.340 e. The number of benzene rings is 1. The van der Waals surface area contributed by atoms with Crippen molar-refractivity contribution in [2.24, 2.45) is 0 Å². The molecule has 1 aliphatic rings. The van der Waals surface area contributed by atoms with Crippen molar-refractivity contribution in [3.05, 3.63) is 40.5 Å². The molecule has 0 bridgehead atoms. The van der Waals surface area contributed by atoms with Gasteiger partial charge in [0, 0.05) is 10.6 Å². The van der Waals surface area contributed by atoms with Crippen molar-refractivity contribution in [1.82, 2.24) is 14.7 Å². The molecular formula is C17H18N4O2S2. The Kier molecular flexibility index (Phi) is 3.98. The van der Waals surface area contributed by atoms with Crippen molar-refractivity contribution < 1.29 is 8.42 Å². The fourth-order valence-electron chi connectivity index (χ4n) is 3.24. The van der Waals surface area contributed by atoms with E-state index in [1.807, 2.05) is 6.07 Å². The molecule has 0 aliphatic heterocycles. The second kappa shape index (κ2) is 6.05. The second-order valence-electron chi connectivity index (χ2n) is 6.07. The van der Waals surface area contributed by atoms with E-state index in [9.17, 15) is 8.42 Å². The van der Waals surface area contributed by atoms with Crippen LogP contribution in [0, 0.1) is 6.92 Å². The number of thiophene rings is 1. The highest BCUT2D eigenvalue weighted by Crippen LogP contribution is 2.39. The first-order valence-corrected chi connectivity index (χ1v) is 10.4. The molecule has 1 aliphatic carbocycles. The lowest BCUT2D eigenvalue weighted by molar-refractivity contribution is 0.587. The van der Waals surface area contributed by atoms with Crippen LogP contribution in [0.1, 0.15) is 22.4 Å². The molecule has 130 valence electrons. The van der Waals surface area contributed by atoms with Gasteiger partial charge in [0.1, 0.15) is 17.0 Å². The Morgan fingerprint density at radius 1 is 1.20 bits per heavy atom. The van der Waals surface area contributed by atoms with Crippen molar-refractivity contribution in [1.29, 1.82) is 0 Å². The first kappa shape index (κ1) is 16.4. The summed E-state index contributed by atoms with van der Waals surface area (Å²) in [7, 11) is -2.09. The number of rotatable bonds is 4. The van der Waals surface area contributed by atoms with Gasteiger partial charge in [-0.25, -0.2) is 23.1 Å². The van der Waals surface area contributed by atoms with E-state index in [4.69, 9.17) is 0 Å². The predicted octanol–water partition coefficient (Wildman–Crippen LogP) is 3.14. The van der Waals surface area contributed by atoms with Gasteiger partial charge >= 0.3 is 0 Å². The summed E-state index contributed by atoms with van der Waals surface area (Å²) in [6, 6.07) is 5.30. The molecule has 0 saturated heterocycles. The lowest BCUT2D eigenvalue weighted by Gasteiger charge is -2.11. The fraction of sp³-hybridized carbons (Fsp3) is 0.294. The van der Waals surface area contributed by atoms with E-state index in [1.54, 1.807) is 36.7 Å². The zero-order chi connectivity index (χ0) is 17.6. The Hall–Kier alpha value is -2.03. The molecule has 3 aromatic rings. The van der Waals surface area contributed by atoms with Crippen LogP contribution in [0.3, 0.4) is 0 Å². The SMILES string of the molecule is CNS(=O)(=O)c1cc(Nc2ncnc3sc4c(c23)CCC4)ccc1C. The Morgan fingerprint density at radius 2 is 2.04 bits per heavy atom. The molecule has 8 heteroatoms. The van der Waals surface area contributed by atoms with Gasteiger partial charge in [0.05, 0.1) is 10.3 Å². The molecular weight excluding hydrogens is 356 g/mol. The average molecular weight is 374 g/mol. The number of nitrogens with zero attached hydrogens (tertiary/aromatic N) is 2. The van der Waals surface area contributed by atoms with Crippen LogP contribution in [-0.4, -0.2) is 25.4 Å². The highest BCUT2D eigenvalue weighted by molar-refractivity contribution is 7.89. The summed E-state index contributed by atoms with van der Waals surface area (Å²) in [6.07, 6.45) is 4.87. The number of nitrogens with one attached hydrogen (secondary N) is 2. The van der Waals surface area contributed by atoms with Crippen LogP contribution in [0.15, 0.2) is 29.4 Å². The number of hydrogen-bond acceptors (Lipinski definition) is 6. The average Bonchev–Trinajstić information content (AvgIpc) is 3.17. The van der Waals surface area contributed by atoms with Crippen LogP contribution >= 0.6 is 11.3 Å². The Balaban J connectivity index is 1.79. The summed E-state index contributed by atoms with van der Waals surface area (Å²) in [4.78, 5) is 11.4. The minimum atomic E-state index is -3.51. The number of aromatic nitrogens is 2. The number of aryl methyl sites for hydroxylation is 3. The van der Waals surface area contributed by atoms with Gasteiger partial charge in [-0.05, 0) is 56.5 Å². The molecule has 0 spiro atoms. The van der Waals surface area contributed by atoms with Crippen molar-refractivity contribution in [3.63, 3.8) is 0 Å². The van der Waals surface area contributed by atoms with Crippen LogP contribution in [0.2, 0.25) is 0 Å². The van der Waals surface area contributed by atoms with E-state index in [-0.39, 0.29) is 4.90 Å². The first-order valence-electron chi connectivity index (χ1n) is 8.06. The highest BCUT2D eigenvalue weighted by atomic mass is 32.2. The van der Waals surface area contributed by atoms with E-state index in [1.165, 1.54) is 23.9 Å². The molecule has 0 fully saturated rings. The summed E-state index contributed by atoms with van der Waals surface area (Å²) in [5.74, 6) is 0.737. The zero-order valence-electron chi connectivity index (χ0n) is 14.0. The van der Waals surface area contributed by atoms with Crippen molar-refractivity contribution in [2.75, 3.05) is 12.4 Å². The van der Waals surface area contributed by atoms with E-state index in [0.29, 0.717) is 11.3 Å². The maximum Gasteiger partial charge on any atom is 0.240 e. The Labute approximate surface area is 150 Å². The van der Waals surface area contributed by atoms with E-state index < -0.39 is 10.0 Å². The van der Waals surface area contributed by atoms with Crippen LogP contribution in [0.5, 0.6) is 0 Å². The lowest BCUT2D eigenvalue weighted by atomic mass is 10.2. The minimum absolute atomic E-state index is 0.265. The summed E-state index contributed by atoms with van der Waals surface area (Å²) in [5.41, 5.74) is 2.72. The van der Waals surface area contributed by atoms with E-state index in [0.717, 1.165) is 28.9 Å². The third-order valence-electron chi connectivity index (χ3n) is 4.51. The monoisotopic (exact) mass is 374 g/mol. The van der Waals surface area contributed by atoms with Crippen LogP contribution < -0.4 is 10.0 Å². The molecule has 0 unspecified atom stereocenters. The van der Waals surface area contributed by atoms with Gasteiger partial charge in [-0.1, -0.05) is 6.07 Å². The maximum atomic E-state index is 12.2. The number of sulfonamides is 1. The molecule has 6 nitrogen and oxygen atoms in total. The van der Waals surface area contributed by atoms with Gasteiger partial charge in [0.2, 0.25) is 10.0 Å². The topological polar surface area (TPSA) is 84.0 Å². The van der Waals surface area contributed by atoms with E-state index in [2.05, 4.69) is 20.0 Å². The van der Waals surface area contributed by atoms with E-state index >= 15 is 0 Å². The molecule has 25 heavy (non-hydrogen) atoms. The first-order chi connectivity index (χ1) is 12.0. The van der Waals surface area contributed by atoms with Crippen LogP contribution in [-0.2, 0) is 22.9 Å². The molecule has 2 heterocycles. The molecule has 2 N–H and O–H groups in total. The minimum Gasteiger partial charge on any atom is -0.340 e. The van der Waals surface area contributed by atoms with Crippen molar-refractivity contribution in [2.45, 2.75) is 31.1 Å². The Bertz CT molecular complexity index is 1070. The summed E-state index contributed by atoms with van der Waals surface area (Å²) < 4.78 is 26.7. The third-order valence-corrected chi connectivity index (χ3v) is 7.27. The molecule has 4 rings (SSSR count). The highest BCUT2D eigenvalue weighted by Gasteiger charge is 2.21. The van der Waals surface area contributed by atoms with Crippen LogP contribution in [0.25, 0.3) is 10.2 Å². The quantitative estimate of drug-likeness (QED) is 0.733. The van der Waals surface area contributed by atoms with Crippen LogP contribution in [0.4, 0.5) is 11.5 Å². The number of fused-ring (bicyclic) bond motifs is 3. The zero-order valence-corrected chi connectivity index (χ0v) is 15.6. The maximum absolute atomic E-state index is 12.2. The second-order valence-corrected chi connectivity index (χ2v) is 9.01. The van der Waals surface area contributed by atoms with Crippen molar-refractivity contribution >= 4 is 43.1 Å².